The third-order valence-corrected chi connectivity index (χ3v) is 2.90. The van der Waals surface area contributed by atoms with Crippen molar-refractivity contribution in [2.24, 2.45) is 4.99 Å². The number of benzene rings is 1. The van der Waals surface area contributed by atoms with Crippen LogP contribution in [0.4, 0.5) is 0 Å². The minimum atomic E-state index is 0.563. The molecule has 4 heteroatoms. The SMILES string of the molecule is Cc1ccc(CCN=C(NC#N)c2cccnc2)cc1. The topological polar surface area (TPSA) is 61.1 Å². The number of hydrogen-bond acceptors (Lipinski definition) is 3. The van der Waals surface area contributed by atoms with Crippen LogP contribution in [0.25, 0.3) is 0 Å². The number of aliphatic imine (C=N–C) groups is 1. The van der Waals surface area contributed by atoms with Crippen LogP contribution in [-0.4, -0.2) is 17.4 Å². The molecule has 0 amide bonds. The van der Waals surface area contributed by atoms with Crippen LogP contribution in [-0.2, 0) is 6.42 Å². The van der Waals surface area contributed by atoms with Gasteiger partial charge >= 0.3 is 0 Å². The monoisotopic (exact) mass is 264 g/mol. The van der Waals surface area contributed by atoms with Gasteiger partial charge in [-0.25, -0.2) is 0 Å². The van der Waals surface area contributed by atoms with E-state index in [4.69, 9.17) is 5.26 Å². The van der Waals surface area contributed by atoms with Gasteiger partial charge in [0.1, 0.15) is 5.84 Å². The van der Waals surface area contributed by atoms with Gasteiger partial charge in [0.05, 0.1) is 0 Å². The van der Waals surface area contributed by atoms with Gasteiger partial charge in [0, 0.05) is 24.5 Å². The highest BCUT2D eigenvalue weighted by atomic mass is 15.0. The first-order valence-electron chi connectivity index (χ1n) is 6.45. The summed E-state index contributed by atoms with van der Waals surface area (Å²) in [5, 5.41) is 11.4. The smallest absolute Gasteiger partial charge is 0.182 e. The largest absolute Gasteiger partial charge is 0.277 e. The fourth-order valence-corrected chi connectivity index (χ4v) is 1.81. The lowest BCUT2D eigenvalue weighted by atomic mass is 10.1. The van der Waals surface area contributed by atoms with Gasteiger partial charge in [0.15, 0.2) is 6.19 Å². The number of pyridine rings is 1. The van der Waals surface area contributed by atoms with E-state index in [-0.39, 0.29) is 0 Å². The standard InChI is InChI=1S/C16H16N4/c1-13-4-6-14(7-5-13)8-10-19-16(20-12-17)15-3-2-9-18-11-15/h2-7,9,11H,8,10H2,1H3,(H,19,20). The van der Waals surface area contributed by atoms with E-state index in [1.165, 1.54) is 11.1 Å². The first-order chi connectivity index (χ1) is 9.79. The maximum Gasteiger partial charge on any atom is 0.182 e. The Kier molecular flexibility index (Phi) is 4.85. The molecule has 1 N–H and O–H groups in total. The second-order valence-electron chi connectivity index (χ2n) is 4.44. The van der Waals surface area contributed by atoms with E-state index >= 15 is 0 Å². The van der Waals surface area contributed by atoms with Gasteiger partial charge < -0.3 is 0 Å². The van der Waals surface area contributed by atoms with E-state index < -0.39 is 0 Å². The predicted octanol–water partition coefficient (Wildman–Crippen LogP) is 2.45. The van der Waals surface area contributed by atoms with Gasteiger partial charge in [0.2, 0.25) is 0 Å². The number of nitrogens with zero attached hydrogens (tertiary/aromatic N) is 3. The van der Waals surface area contributed by atoms with Crippen molar-refractivity contribution in [3.05, 3.63) is 65.5 Å². The van der Waals surface area contributed by atoms with Crippen molar-refractivity contribution in [3.8, 4) is 6.19 Å². The van der Waals surface area contributed by atoms with Crippen LogP contribution >= 0.6 is 0 Å². The lowest BCUT2D eigenvalue weighted by molar-refractivity contribution is 0.957. The number of amidine groups is 1. The molecule has 0 aliphatic rings. The Morgan fingerprint density at radius 1 is 1.30 bits per heavy atom. The molecule has 0 aliphatic heterocycles. The highest BCUT2D eigenvalue weighted by molar-refractivity contribution is 5.99. The van der Waals surface area contributed by atoms with E-state index in [1.54, 1.807) is 12.4 Å². The number of rotatable bonds is 4. The fourth-order valence-electron chi connectivity index (χ4n) is 1.81. The molecule has 0 saturated carbocycles. The molecule has 1 aromatic carbocycles. The molecule has 0 unspecified atom stereocenters. The second kappa shape index (κ2) is 7.05. The number of hydrogen-bond donors (Lipinski definition) is 1. The van der Waals surface area contributed by atoms with Gasteiger partial charge in [-0.05, 0) is 31.0 Å². The molecule has 2 rings (SSSR count). The fraction of sp³-hybridized carbons (Fsp3) is 0.188. The van der Waals surface area contributed by atoms with Crippen LogP contribution in [0, 0.1) is 18.4 Å². The Balaban J connectivity index is 2.03. The second-order valence-corrected chi connectivity index (χ2v) is 4.44. The van der Waals surface area contributed by atoms with Crippen molar-refractivity contribution in [2.45, 2.75) is 13.3 Å². The number of nitriles is 1. The Labute approximate surface area is 118 Å². The number of nitrogens with one attached hydrogen (secondary N) is 1. The summed E-state index contributed by atoms with van der Waals surface area (Å²) in [6, 6.07) is 12.1. The summed E-state index contributed by atoms with van der Waals surface area (Å²) in [5.41, 5.74) is 3.30. The van der Waals surface area contributed by atoms with Crippen molar-refractivity contribution < 1.29 is 0 Å². The third kappa shape index (κ3) is 3.92. The first-order valence-corrected chi connectivity index (χ1v) is 6.45. The lowest BCUT2D eigenvalue weighted by Gasteiger charge is -2.04. The molecule has 2 aromatic rings. The Morgan fingerprint density at radius 2 is 2.10 bits per heavy atom. The lowest BCUT2D eigenvalue weighted by Crippen LogP contribution is -2.20. The van der Waals surface area contributed by atoms with Crippen molar-refractivity contribution in [1.29, 1.82) is 5.26 Å². The molecule has 1 heterocycles. The van der Waals surface area contributed by atoms with Crippen LogP contribution in [0.15, 0.2) is 53.8 Å². The minimum Gasteiger partial charge on any atom is -0.277 e. The molecule has 4 nitrogen and oxygen atoms in total. The molecule has 0 bridgehead atoms. The quantitative estimate of drug-likeness (QED) is 0.399. The van der Waals surface area contributed by atoms with Gasteiger partial charge in [-0.3, -0.25) is 15.3 Å². The average molecular weight is 264 g/mol. The maximum atomic E-state index is 8.78. The molecule has 100 valence electrons. The zero-order chi connectivity index (χ0) is 14.2. The molecule has 20 heavy (non-hydrogen) atoms. The highest BCUT2D eigenvalue weighted by Gasteiger charge is 2.01. The predicted molar refractivity (Wildman–Crippen MR) is 79.3 cm³/mol. The molecule has 1 aromatic heterocycles. The summed E-state index contributed by atoms with van der Waals surface area (Å²) in [7, 11) is 0. The van der Waals surface area contributed by atoms with Gasteiger partial charge in [0.25, 0.3) is 0 Å². The van der Waals surface area contributed by atoms with E-state index in [1.807, 2.05) is 18.3 Å². The highest BCUT2D eigenvalue weighted by Crippen LogP contribution is 2.04. The van der Waals surface area contributed by atoms with E-state index in [2.05, 4.69) is 46.5 Å². The van der Waals surface area contributed by atoms with Crippen molar-refractivity contribution in [2.75, 3.05) is 6.54 Å². The molecule has 0 atom stereocenters. The van der Waals surface area contributed by atoms with Crippen molar-refractivity contribution >= 4 is 5.84 Å². The Hall–Kier alpha value is -2.67. The van der Waals surface area contributed by atoms with Crippen molar-refractivity contribution in [1.82, 2.24) is 10.3 Å². The van der Waals surface area contributed by atoms with Crippen LogP contribution in [0.1, 0.15) is 16.7 Å². The molecule has 0 saturated heterocycles. The summed E-state index contributed by atoms with van der Waals surface area (Å²) in [6.45, 7) is 2.70. The third-order valence-electron chi connectivity index (χ3n) is 2.90. The van der Waals surface area contributed by atoms with Crippen LogP contribution in [0.2, 0.25) is 0 Å². The molecule has 0 fully saturated rings. The van der Waals surface area contributed by atoms with E-state index in [9.17, 15) is 0 Å². The molecule has 0 radical (unpaired) electrons. The Bertz CT molecular complexity index is 609. The van der Waals surface area contributed by atoms with E-state index in [0.29, 0.717) is 12.4 Å². The molecular weight excluding hydrogens is 248 g/mol. The molecular formula is C16H16N4. The van der Waals surface area contributed by atoms with Crippen LogP contribution < -0.4 is 5.32 Å². The number of aryl methyl sites for hydroxylation is 1. The zero-order valence-electron chi connectivity index (χ0n) is 11.4. The summed E-state index contributed by atoms with van der Waals surface area (Å²) in [4.78, 5) is 8.48. The van der Waals surface area contributed by atoms with Crippen molar-refractivity contribution in [3.63, 3.8) is 0 Å². The summed E-state index contributed by atoms with van der Waals surface area (Å²) in [6.07, 6.45) is 6.14. The summed E-state index contributed by atoms with van der Waals surface area (Å²) >= 11 is 0. The molecule has 0 aliphatic carbocycles. The maximum absolute atomic E-state index is 8.78. The first kappa shape index (κ1) is 13.8. The minimum absolute atomic E-state index is 0.563. The van der Waals surface area contributed by atoms with Crippen LogP contribution in [0.5, 0.6) is 0 Å². The Morgan fingerprint density at radius 3 is 2.75 bits per heavy atom. The normalized spacial score (nSPS) is 10.9. The number of aromatic nitrogens is 1. The molecule has 0 spiro atoms. The van der Waals surface area contributed by atoms with Gasteiger partial charge in [-0.15, -0.1) is 0 Å². The van der Waals surface area contributed by atoms with E-state index in [0.717, 1.165) is 12.0 Å². The average Bonchev–Trinajstić information content (AvgIpc) is 2.49. The van der Waals surface area contributed by atoms with Gasteiger partial charge in [-0.2, -0.15) is 5.26 Å². The zero-order valence-corrected chi connectivity index (χ0v) is 11.4. The summed E-state index contributed by atoms with van der Waals surface area (Å²) in [5.74, 6) is 0.563. The van der Waals surface area contributed by atoms with Gasteiger partial charge in [-0.1, -0.05) is 29.8 Å². The summed E-state index contributed by atoms with van der Waals surface area (Å²) < 4.78 is 0. The van der Waals surface area contributed by atoms with Crippen LogP contribution in [0.3, 0.4) is 0 Å².